The van der Waals surface area contributed by atoms with E-state index < -0.39 is 72.1 Å². The minimum Gasteiger partial charge on any atom is -0.292 e. The monoisotopic (exact) mass is 717 g/mol. The Morgan fingerprint density at radius 2 is 1.41 bits per heavy atom. The van der Waals surface area contributed by atoms with Crippen molar-refractivity contribution < 1.29 is 24.1 Å². The van der Waals surface area contributed by atoms with Crippen LogP contribution in [0.25, 0.3) is 0 Å². The number of ketones is 1. The largest absolute Gasteiger partial charge is 0.292 e. The fourth-order valence-corrected chi connectivity index (χ4v) is 8.78. The number of para-hydroxylation sites is 1. The number of rotatable bonds is 6. The Morgan fingerprint density at radius 1 is 0.878 bits per heavy atom. The van der Waals surface area contributed by atoms with Gasteiger partial charge in [-0.1, -0.05) is 81.7 Å². The van der Waals surface area contributed by atoms with E-state index in [9.17, 15) is 29.3 Å². The maximum Gasteiger partial charge on any atom is 0.282 e. The number of hydrazine groups is 1. The number of amides is 3. The average Bonchev–Trinajstić information content (AvgIpc) is 3.29. The van der Waals surface area contributed by atoms with Gasteiger partial charge in [0.15, 0.2) is 10.1 Å². The SMILES string of the molecule is O=C(CN(C(=O)c1ccccc1[N+](=O)[O-])N1C(=O)[C@H]2[C@H](C1=O)[C@@]1(Cl)C(Cl)=C(Cl)[C@@]2(Cl)C1(Cl)Cl)c1ccc(Cl)cc1Cl. The normalized spacial score (nSPS) is 27.9. The highest BCUT2D eigenvalue weighted by Gasteiger charge is 2.88. The van der Waals surface area contributed by atoms with Crippen LogP contribution in [0.3, 0.4) is 0 Å². The number of allylic oxidation sites excluding steroid dienone is 2. The van der Waals surface area contributed by atoms with Crippen LogP contribution in [0.1, 0.15) is 20.7 Å². The van der Waals surface area contributed by atoms with Crippen molar-refractivity contribution >= 4 is 122 Å². The van der Waals surface area contributed by atoms with Gasteiger partial charge in [-0.2, -0.15) is 5.01 Å². The van der Waals surface area contributed by atoms with E-state index in [1.807, 2.05) is 0 Å². The standard InChI is InChI=1S/C24H11Cl8N3O6/c25-9-5-6-10(12(26)7-9)14(36)8-33(19(37)11-3-1-2-4-13(11)35(40)41)34-20(38)15-16(21(34)39)23(30)18(28)17(27)22(15,29)24(23,31)32/h1-7,15-16H,8H2/t15-,16-,22-,23-/m1/s1. The molecule has 1 saturated carbocycles. The molecule has 9 nitrogen and oxygen atoms in total. The molecular weight excluding hydrogens is 710 g/mol. The first-order chi connectivity index (χ1) is 19.0. The number of nitrogens with zero attached hydrogens (tertiary/aromatic N) is 3. The van der Waals surface area contributed by atoms with Gasteiger partial charge in [0.1, 0.15) is 21.9 Å². The Bertz CT molecular complexity index is 1590. The maximum absolute atomic E-state index is 13.9. The van der Waals surface area contributed by atoms with E-state index in [2.05, 4.69) is 0 Å². The number of hydrogen-bond donors (Lipinski definition) is 0. The van der Waals surface area contributed by atoms with E-state index in [4.69, 9.17) is 92.8 Å². The van der Waals surface area contributed by atoms with E-state index in [0.717, 1.165) is 12.1 Å². The highest BCUT2D eigenvalue weighted by atomic mass is 35.5. The molecule has 0 radical (unpaired) electrons. The molecule has 0 spiro atoms. The molecule has 3 aliphatic rings. The predicted octanol–water partition coefficient (Wildman–Crippen LogP) is 6.59. The van der Waals surface area contributed by atoms with Crippen LogP contribution in [-0.4, -0.2) is 59.1 Å². The summed E-state index contributed by atoms with van der Waals surface area (Å²) in [5.41, 5.74) is -1.31. The lowest BCUT2D eigenvalue weighted by Crippen LogP contribution is -2.56. The van der Waals surface area contributed by atoms with Gasteiger partial charge in [-0.05, 0) is 24.3 Å². The van der Waals surface area contributed by atoms with Crippen LogP contribution in [0.2, 0.25) is 10.0 Å². The van der Waals surface area contributed by atoms with Crippen LogP contribution < -0.4 is 0 Å². The van der Waals surface area contributed by atoms with Gasteiger partial charge in [0.25, 0.3) is 23.4 Å². The van der Waals surface area contributed by atoms with Crippen molar-refractivity contribution in [3.8, 4) is 0 Å². The van der Waals surface area contributed by atoms with E-state index in [1.54, 1.807) is 0 Å². The first-order valence-electron chi connectivity index (χ1n) is 11.3. The van der Waals surface area contributed by atoms with Crippen LogP contribution in [-0.2, 0) is 9.59 Å². The number of Topliss-reactive ketones (excluding diaryl/α,β-unsaturated/α-hetero) is 1. The molecule has 2 fully saturated rings. The van der Waals surface area contributed by atoms with Gasteiger partial charge in [0, 0.05) is 16.7 Å². The van der Waals surface area contributed by atoms with Crippen molar-refractivity contribution in [3.63, 3.8) is 0 Å². The summed E-state index contributed by atoms with van der Waals surface area (Å²) >= 11 is 51.2. The Hall–Kier alpha value is -1.82. The summed E-state index contributed by atoms with van der Waals surface area (Å²) in [5, 5.41) is 11.9. The van der Waals surface area contributed by atoms with E-state index in [-0.39, 0.29) is 25.7 Å². The molecule has 4 atom stereocenters. The summed E-state index contributed by atoms with van der Waals surface area (Å²) in [6.07, 6.45) is 0. The molecule has 2 aromatic carbocycles. The van der Waals surface area contributed by atoms with Crippen molar-refractivity contribution in [3.05, 3.63) is 83.8 Å². The number of imide groups is 1. The fraction of sp³-hybridized carbons (Fsp3) is 0.250. The first kappa shape index (κ1) is 30.6. The Balaban J connectivity index is 1.64. The third-order valence-corrected chi connectivity index (χ3v) is 12.0. The quantitative estimate of drug-likeness (QED) is 0.109. The highest BCUT2D eigenvalue weighted by molar-refractivity contribution is 6.66. The van der Waals surface area contributed by atoms with Gasteiger partial charge >= 0.3 is 0 Å². The summed E-state index contributed by atoms with van der Waals surface area (Å²) < 4.78 is -2.25. The number of hydrogen-bond acceptors (Lipinski definition) is 6. The van der Waals surface area contributed by atoms with Crippen molar-refractivity contribution in [2.24, 2.45) is 11.8 Å². The van der Waals surface area contributed by atoms with Gasteiger partial charge in [0.2, 0.25) is 0 Å². The van der Waals surface area contributed by atoms with E-state index >= 15 is 0 Å². The summed E-state index contributed by atoms with van der Waals surface area (Å²) in [6.45, 7) is -0.977. The van der Waals surface area contributed by atoms with Crippen molar-refractivity contribution in [2.75, 3.05) is 6.54 Å². The first-order valence-corrected chi connectivity index (χ1v) is 14.3. The number of carbonyl (C=O) groups excluding carboxylic acids is 4. The number of nitro groups is 1. The molecule has 2 aliphatic carbocycles. The third kappa shape index (κ3) is 3.97. The lowest BCUT2D eigenvalue weighted by atomic mass is 9.84. The Kier molecular flexibility index (Phi) is 7.57. The molecule has 1 saturated heterocycles. The summed E-state index contributed by atoms with van der Waals surface area (Å²) in [7, 11) is 0. The molecule has 2 bridgehead atoms. The van der Waals surface area contributed by atoms with E-state index in [0.29, 0.717) is 10.0 Å². The van der Waals surface area contributed by atoms with Gasteiger partial charge in [0.05, 0.1) is 31.8 Å². The molecule has 1 heterocycles. The van der Waals surface area contributed by atoms with Crippen molar-refractivity contribution in [1.82, 2.24) is 10.0 Å². The molecular formula is C24H11Cl8N3O6. The van der Waals surface area contributed by atoms with Crippen LogP contribution in [0.5, 0.6) is 0 Å². The molecule has 2 aromatic rings. The zero-order valence-corrected chi connectivity index (χ0v) is 25.8. The highest BCUT2D eigenvalue weighted by Crippen LogP contribution is 2.77. The Labute approximate surface area is 270 Å². The molecule has 0 aromatic heterocycles. The van der Waals surface area contributed by atoms with Crippen LogP contribution in [0, 0.1) is 22.0 Å². The molecule has 214 valence electrons. The minimum atomic E-state index is -2.25. The van der Waals surface area contributed by atoms with Gasteiger partial charge in [-0.15, -0.1) is 23.2 Å². The van der Waals surface area contributed by atoms with Gasteiger partial charge < -0.3 is 0 Å². The summed E-state index contributed by atoms with van der Waals surface area (Å²) in [6, 6.07) is 8.63. The second kappa shape index (κ2) is 10.1. The molecule has 0 N–H and O–H groups in total. The summed E-state index contributed by atoms with van der Waals surface area (Å²) in [5.74, 6) is -7.65. The number of carbonyl (C=O) groups is 4. The molecule has 5 rings (SSSR count). The molecule has 0 unspecified atom stereocenters. The lowest BCUT2D eigenvalue weighted by Gasteiger charge is -2.36. The van der Waals surface area contributed by atoms with Crippen molar-refractivity contribution in [2.45, 2.75) is 14.1 Å². The Morgan fingerprint density at radius 3 is 1.93 bits per heavy atom. The van der Waals surface area contributed by atoms with Crippen LogP contribution >= 0.6 is 92.8 Å². The lowest BCUT2D eigenvalue weighted by molar-refractivity contribution is -0.385. The van der Waals surface area contributed by atoms with Crippen molar-refractivity contribution in [1.29, 1.82) is 0 Å². The number of halogens is 8. The predicted molar refractivity (Wildman–Crippen MR) is 154 cm³/mol. The maximum atomic E-state index is 13.9. The zero-order chi connectivity index (χ0) is 30.4. The second-order valence-electron chi connectivity index (χ2n) is 9.25. The van der Waals surface area contributed by atoms with Crippen LogP contribution in [0.4, 0.5) is 5.69 Å². The molecule has 1 aliphatic heterocycles. The van der Waals surface area contributed by atoms with Gasteiger partial charge in [-0.25, -0.2) is 5.01 Å². The average molecular weight is 721 g/mol. The third-order valence-electron chi connectivity index (χ3n) is 7.22. The number of nitro benzene ring substituents is 1. The molecule has 17 heteroatoms. The smallest absolute Gasteiger partial charge is 0.282 e. The van der Waals surface area contributed by atoms with Gasteiger partial charge in [-0.3, -0.25) is 29.3 Å². The second-order valence-corrected chi connectivity index (χ2v) is 13.4. The number of benzene rings is 2. The topological polar surface area (TPSA) is 118 Å². The summed E-state index contributed by atoms with van der Waals surface area (Å²) in [4.78, 5) is 61.6. The van der Waals surface area contributed by atoms with E-state index in [1.165, 1.54) is 30.3 Å². The number of alkyl halides is 4. The van der Waals surface area contributed by atoms with Crippen LogP contribution in [0.15, 0.2) is 52.5 Å². The molecule has 3 amide bonds. The molecule has 41 heavy (non-hydrogen) atoms. The number of fused-ring (bicyclic) bond motifs is 5. The minimum absolute atomic E-state index is 0.0918. The fourth-order valence-electron chi connectivity index (χ4n) is 5.34. The zero-order valence-electron chi connectivity index (χ0n) is 19.7.